The highest BCUT2D eigenvalue weighted by Crippen LogP contribution is 2.33. The van der Waals surface area contributed by atoms with E-state index in [1.165, 1.54) is 6.33 Å². The van der Waals surface area contributed by atoms with Crippen LogP contribution in [0.3, 0.4) is 0 Å². The van der Waals surface area contributed by atoms with Crippen molar-refractivity contribution >= 4 is 23.4 Å². The van der Waals surface area contributed by atoms with Crippen LogP contribution >= 0.6 is 11.8 Å². The van der Waals surface area contributed by atoms with Crippen LogP contribution in [0.15, 0.2) is 16.5 Å². The second-order valence-electron chi connectivity index (χ2n) is 3.19. The van der Waals surface area contributed by atoms with Gasteiger partial charge >= 0.3 is 5.69 Å². The van der Waals surface area contributed by atoms with E-state index in [9.17, 15) is 10.1 Å². The van der Waals surface area contributed by atoms with Crippen molar-refractivity contribution in [3.8, 4) is 0 Å². The maximum absolute atomic E-state index is 11.0. The summed E-state index contributed by atoms with van der Waals surface area (Å²) in [6.45, 7) is 1.56. The molecule has 2 rings (SSSR count). The van der Waals surface area contributed by atoms with Gasteiger partial charge < -0.3 is 5.32 Å². The van der Waals surface area contributed by atoms with Gasteiger partial charge in [-0.15, -0.1) is 0 Å². The first kappa shape index (κ1) is 12.2. The Balaban J connectivity index is 2.48. The number of nitro groups is 1. The van der Waals surface area contributed by atoms with Crippen LogP contribution in [0.5, 0.6) is 0 Å². The molecule has 9 nitrogen and oxygen atoms in total. The molecule has 0 fully saturated rings. The average molecular weight is 267 g/mol. The summed E-state index contributed by atoms with van der Waals surface area (Å²) in [7, 11) is 1.64. The van der Waals surface area contributed by atoms with E-state index < -0.39 is 4.92 Å². The Hall–Kier alpha value is -2.23. The van der Waals surface area contributed by atoms with Crippen molar-refractivity contribution < 1.29 is 4.92 Å². The van der Waals surface area contributed by atoms with Crippen LogP contribution in [0.2, 0.25) is 0 Å². The molecule has 0 aliphatic carbocycles. The van der Waals surface area contributed by atoms with E-state index in [4.69, 9.17) is 0 Å². The van der Waals surface area contributed by atoms with E-state index >= 15 is 0 Å². The van der Waals surface area contributed by atoms with Gasteiger partial charge in [0.15, 0.2) is 10.2 Å². The van der Waals surface area contributed by atoms with E-state index in [-0.39, 0.29) is 10.7 Å². The van der Waals surface area contributed by atoms with Crippen LogP contribution < -0.4 is 5.32 Å². The molecule has 0 aliphatic rings. The zero-order chi connectivity index (χ0) is 13.1. The third kappa shape index (κ3) is 2.37. The molecule has 18 heavy (non-hydrogen) atoms. The Morgan fingerprint density at radius 1 is 1.50 bits per heavy atom. The van der Waals surface area contributed by atoms with Crippen LogP contribution in [0, 0.1) is 17.0 Å². The highest BCUT2D eigenvalue weighted by Gasteiger charge is 2.23. The zero-order valence-corrected chi connectivity index (χ0v) is 10.4. The monoisotopic (exact) mass is 267 g/mol. The molecule has 0 spiro atoms. The van der Waals surface area contributed by atoms with Crippen LogP contribution in [-0.4, -0.2) is 37.1 Å². The molecule has 0 amide bonds. The molecular formula is C8H9N7O2S. The Kier molecular flexibility index (Phi) is 3.37. The fraction of sp³-hybridized carbons (Fsp3) is 0.250. The number of H-pyrrole nitrogens is 1. The minimum Gasteiger partial charge on any atom is -0.357 e. The lowest BCUT2D eigenvalue weighted by Crippen LogP contribution is -2.04. The Labute approximate surface area is 106 Å². The number of anilines is 1. The van der Waals surface area contributed by atoms with Gasteiger partial charge in [0.05, 0.1) is 4.92 Å². The van der Waals surface area contributed by atoms with Crippen molar-refractivity contribution in [2.75, 3.05) is 12.4 Å². The normalized spacial score (nSPS) is 10.3. The van der Waals surface area contributed by atoms with E-state index in [2.05, 4.69) is 30.5 Å². The summed E-state index contributed by atoms with van der Waals surface area (Å²) >= 11 is 1.03. The molecular weight excluding hydrogens is 258 g/mol. The number of nitrogens with one attached hydrogen (secondary N) is 2. The predicted molar refractivity (Wildman–Crippen MR) is 63.5 cm³/mol. The van der Waals surface area contributed by atoms with Gasteiger partial charge in [-0.3, -0.25) is 15.2 Å². The van der Waals surface area contributed by atoms with Crippen molar-refractivity contribution in [2.24, 2.45) is 0 Å². The topological polar surface area (TPSA) is 123 Å². The molecule has 0 saturated carbocycles. The lowest BCUT2D eigenvalue weighted by atomic mass is 10.4. The quantitative estimate of drug-likeness (QED) is 0.478. The predicted octanol–water partition coefficient (Wildman–Crippen LogP) is 1.00. The fourth-order valence-corrected chi connectivity index (χ4v) is 2.10. The van der Waals surface area contributed by atoms with Crippen molar-refractivity contribution in [1.82, 2.24) is 25.1 Å². The molecule has 2 N–H and O–H groups in total. The molecule has 0 saturated heterocycles. The van der Waals surface area contributed by atoms with Gasteiger partial charge in [0, 0.05) is 7.05 Å². The van der Waals surface area contributed by atoms with Crippen LogP contribution in [0.4, 0.5) is 11.6 Å². The molecule has 0 bridgehead atoms. The van der Waals surface area contributed by atoms with Gasteiger partial charge in [0.25, 0.3) is 0 Å². The maximum atomic E-state index is 11.0. The van der Waals surface area contributed by atoms with Crippen LogP contribution in [0.25, 0.3) is 0 Å². The highest BCUT2D eigenvalue weighted by molar-refractivity contribution is 7.99. The number of rotatable bonds is 4. The molecule has 0 atom stereocenters. The molecule has 2 aromatic heterocycles. The van der Waals surface area contributed by atoms with Gasteiger partial charge in [-0.25, -0.2) is 9.97 Å². The smallest absolute Gasteiger partial charge is 0.322 e. The summed E-state index contributed by atoms with van der Waals surface area (Å²) in [5.74, 6) is 0.320. The average Bonchev–Trinajstić information content (AvgIpc) is 2.80. The number of hydrogen-bond donors (Lipinski definition) is 2. The van der Waals surface area contributed by atoms with Crippen LogP contribution in [-0.2, 0) is 0 Å². The number of hydrogen-bond acceptors (Lipinski definition) is 8. The van der Waals surface area contributed by atoms with E-state index in [0.717, 1.165) is 11.8 Å². The van der Waals surface area contributed by atoms with Crippen molar-refractivity contribution in [3.63, 3.8) is 0 Å². The first-order chi connectivity index (χ1) is 8.61. The molecule has 0 aliphatic heterocycles. The van der Waals surface area contributed by atoms with E-state index in [1.54, 1.807) is 14.0 Å². The van der Waals surface area contributed by atoms with Gasteiger partial charge in [0.1, 0.15) is 12.0 Å². The lowest BCUT2D eigenvalue weighted by molar-refractivity contribution is -0.389. The standard InChI is InChI=1S/C8H9N7O2S/c1-4-5(15(16)17)6(13-7(9-2)12-4)18-8-10-3-11-14-8/h3H,1-2H3,(H,9,12,13)(H,10,11,14). The van der Waals surface area contributed by atoms with Crippen molar-refractivity contribution in [1.29, 1.82) is 0 Å². The molecule has 0 aromatic carbocycles. The molecule has 0 unspecified atom stereocenters. The van der Waals surface area contributed by atoms with Crippen LogP contribution in [0.1, 0.15) is 5.69 Å². The summed E-state index contributed by atoms with van der Waals surface area (Å²) < 4.78 is 0. The first-order valence-electron chi connectivity index (χ1n) is 4.86. The van der Waals surface area contributed by atoms with E-state index in [1.807, 2.05) is 0 Å². The zero-order valence-electron chi connectivity index (χ0n) is 9.54. The number of nitrogens with zero attached hydrogens (tertiary/aromatic N) is 5. The SMILES string of the molecule is CNc1nc(C)c([N+](=O)[O-])c(Sc2ncn[nH]2)n1. The van der Waals surface area contributed by atoms with Crippen molar-refractivity contribution in [3.05, 3.63) is 22.1 Å². The Morgan fingerprint density at radius 3 is 2.83 bits per heavy atom. The molecule has 0 radical (unpaired) electrons. The Morgan fingerprint density at radius 2 is 2.28 bits per heavy atom. The maximum Gasteiger partial charge on any atom is 0.322 e. The summed E-state index contributed by atoms with van der Waals surface area (Å²) in [5, 5.41) is 20.7. The molecule has 2 aromatic rings. The minimum atomic E-state index is -0.506. The summed E-state index contributed by atoms with van der Waals surface area (Å²) in [6, 6.07) is 0. The highest BCUT2D eigenvalue weighted by atomic mass is 32.2. The largest absolute Gasteiger partial charge is 0.357 e. The second kappa shape index (κ2) is 4.96. The van der Waals surface area contributed by atoms with E-state index in [0.29, 0.717) is 16.8 Å². The third-order valence-electron chi connectivity index (χ3n) is 2.02. The van der Waals surface area contributed by atoms with Gasteiger partial charge in [-0.05, 0) is 18.7 Å². The van der Waals surface area contributed by atoms with Gasteiger partial charge in [-0.1, -0.05) is 0 Å². The fourth-order valence-electron chi connectivity index (χ4n) is 1.27. The van der Waals surface area contributed by atoms with Crippen molar-refractivity contribution in [2.45, 2.75) is 17.1 Å². The molecule has 94 valence electrons. The number of aryl methyl sites for hydroxylation is 1. The summed E-state index contributed by atoms with van der Waals surface area (Å²) in [5.41, 5.74) is 0.164. The molecule has 2 heterocycles. The Bertz CT molecular complexity index is 571. The number of aromatic amines is 1. The molecule has 10 heteroatoms. The summed E-state index contributed by atoms with van der Waals surface area (Å²) in [6.07, 6.45) is 1.32. The lowest BCUT2D eigenvalue weighted by Gasteiger charge is -2.05. The first-order valence-corrected chi connectivity index (χ1v) is 5.67. The summed E-state index contributed by atoms with van der Waals surface area (Å²) in [4.78, 5) is 22.4. The third-order valence-corrected chi connectivity index (χ3v) is 2.89. The van der Waals surface area contributed by atoms with Gasteiger partial charge in [0.2, 0.25) is 5.95 Å². The second-order valence-corrected chi connectivity index (χ2v) is 4.16. The minimum absolute atomic E-state index is 0.129. The van der Waals surface area contributed by atoms with Gasteiger partial charge in [-0.2, -0.15) is 10.1 Å². The number of aromatic nitrogens is 5.